The zero-order valence-electron chi connectivity index (χ0n) is 17.8. The molecule has 164 valence electrons. The highest BCUT2D eigenvalue weighted by Crippen LogP contribution is 2.34. The van der Waals surface area contributed by atoms with E-state index in [1.165, 1.54) is 24.0 Å². The Bertz CT molecular complexity index is 916. The molecular formula is C25H30N2O4. The van der Waals surface area contributed by atoms with E-state index in [2.05, 4.69) is 22.3 Å². The fraction of sp³-hybridized carbons (Fsp3) is 0.480. The SMILES string of the molecule is O=C(N[C@H](CN1CCCC1)[C@H](O)c1ccc2c(c1)OCCO2)C1Cc2ccccc2C1. The van der Waals surface area contributed by atoms with Gasteiger partial charge in [-0.1, -0.05) is 30.3 Å². The van der Waals surface area contributed by atoms with Gasteiger partial charge in [-0.05, 0) is 67.6 Å². The van der Waals surface area contributed by atoms with Crippen LogP contribution in [0.1, 0.15) is 35.6 Å². The van der Waals surface area contributed by atoms with Crippen LogP contribution < -0.4 is 14.8 Å². The third-order valence-electron chi connectivity index (χ3n) is 6.69. The zero-order chi connectivity index (χ0) is 21.2. The van der Waals surface area contributed by atoms with Gasteiger partial charge >= 0.3 is 0 Å². The summed E-state index contributed by atoms with van der Waals surface area (Å²) in [4.78, 5) is 15.5. The molecule has 0 unspecified atom stereocenters. The molecule has 1 aliphatic carbocycles. The zero-order valence-corrected chi connectivity index (χ0v) is 17.8. The lowest BCUT2D eigenvalue weighted by molar-refractivity contribution is -0.126. The fourth-order valence-corrected chi connectivity index (χ4v) is 4.99. The summed E-state index contributed by atoms with van der Waals surface area (Å²) >= 11 is 0. The number of aliphatic hydroxyl groups excluding tert-OH is 1. The van der Waals surface area contributed by atoms with E-state index in [0.29, 0.717) is 31.3 Å². The van der Waals surface area contributed by atoms with Crippen LogP contribution in [0.4, 0.5) is 0 Å². The number of aliphatic hydroxyl groups is 1. The Hall–Kier alpha value is -2.57. The minimum absolute atomic E-state index is 0.0250. The molecule has 2 N–H and O–H groups in total. The molecule has 2 heterocycles. The van der Waals surface area contributed by atoms with Crippen LogP contribution in [-0.4, -0.2) is 54.8 Å². The molecule has 0 aromatic heterocycles. The van der Waals surface area contributed by atoms with Crippen molar-refractivity contribution in [2.75, 3.05) is 32.8 Å². The van der Waals surface area contributed by atoms with Crippen LogP contribution in [0.2, 0.25) is 0 Å². The average Bonchev–Trinajstić information content (AvgIpc) is 3.47. The number of hydrogen-bond acceptors (Lipinski definition) is 5. The number of rotatable bonds is 6. The molecule has 1 fully saturated rings. The summed E-state index contributed by atoms with van der Waals surface area (Å²) in [5.41, 5.74) is 3.25. The quantitative estimate of drug-likeness (QED) is 0.749. The van der Waals surface area contributed by atoms with E-state index >= 15 is 0 Å². The summed E-state index contributed by atoms with van der Waals surface area (Å²) in [5.74, 6) is 1.30. The molecule has 3 aliphatic rings. The Morgan fingerprint density at radius 3 is 2.42 bits per heavy atom. The van der Waals surface area contributed by atoms with E-state index in [0.717, 1.165) is 31.5 Å². The van der Waals surface area contributed by atoms with Gasteiger partial charge in [0.05, 0.1) is 6.04 Å². The van der Waals surface area contributed by atoms with Gasteiger partial charge < -0.3 is 24.8 Å². The minimum atomic E-state index is -0.816. The number of likely N-dealkylation sites (tertiary alicyclic amines) is 1. The monoisotopic (exact) mass is 422 g/mol. The third kappa shape index (κ3) is 4.41. The Kier molecular flexibility index (Phi) is 5.83. The summed E-state index contributed by atoms with van der Waals surface area (Å²) in [5, 5.41) is 14.5. The van der Waals surface area contributed by atoms with Crippen LogP contribution >= 0.6 is 0 Å². The Labute approximate surface area is 183 Å². The molecule has 0 bridgehead atoms. The maximum Gasteiger partial charge on any atom is 0.224 e. The number of amides is 1. The lowest BCUT2D eigenvalue weighted by atomic mass is 9.99. The highest BCUT2D eigenvalue weighted by Gasteiger charge is 2.32. The van der Waals surface area contributed by atoms with E-state index in [9.17, 15) is 9.90 Å². The molecule has 31 heavy (non-hydrogen) atoms. The van der Waals surface area contributed by atoms with Crippen molar-refractivity contribution in [3.63, 3.8) is 0 Å². The molecule has 2 aromatic rings. The molecule has 5 rings (SSSR count). The predicted octanol–water partition coefficient (Wildman–Crippen LogP) is 2.49. The molecule has 2 atom stereocenters. The normalized spacial score (nSPS) is 20.3. The summed E-state index contributed by atoms with van der Waals surface area (Å²) in [6.45, 7) is 3.69. The van der Waals surface area contributed by atoms with Crippen molar-refractivity contribution < 1.29 is 19.4 Å². The number of nitrogens with zero attached hydrogens (tertiary/aromatic N) is 1. The van der Waals surface area contributed by atoms with Gasteiger partial charge in [-0.25, -0.2) is 0 Å². The van der Waals surface area contributed by atoms with Gasteiger partial charge in [0.1, 0.15) is 19.3 Å². The van der Waals surface area contributed by atoms with Gasteiger partial charge in [0.15, 0.2) is 11.5 Å². The lowest BCUT2D eigenvalue weighted by Crippen LogP contribution is -2.48. The summed E-state index contributed by atoms with van der Waals surface area (Å²) in [6, 6.07) is 13.4. The summed E-state index contributed by atoms with van der Waals surface area (Å²) < 4.78 is 11.3. The molecule has 1 amide bonds. The smallest absolute Gasteiger partial charge is 0.224 e. The molecule has 1 saturated heterocycles. The molecule has 0 saturated carbocycles. The number of hydrogen-bond donors (Lipinski definition) is 2. The van der Waals surface area contributed by atoms with Crippen molar-refractivity contribution in [1.82, 2.24) is 10.2 Å². The molecule has 2 aromatic carbocycles. The van der Waals surface area contributed by atoms with Crippen LogP contribution in [0.25, 0.3) is 0 Å². The first-order valence-corrected chi connectivity index (χ1v) is 11.3. The van der Waals surface area contributed by atoms with E-state index in [4.69, 9.17) is 9.47 Å². The number of benzene rings is 2. The molecular weight excluding hydrogens is 392 g/mol. The topological polar surface area (TPSA) is 71.0 Å². The number of fused-ring (bicyclic) bond motifs is 2. The summed E-state index contributed by atoms with van der Waals surface area (Å²) in [6.07, 6.45) is 3.04. The molecule has 6 heteroatoms. The van der Waals surface area contributed by atoms with Gasteiger partial charge in [-0.3, -0.25) is 4.79 Å². The van der Waals surface area contributed by atoms with E-state index in [-0.39, 0.29) is 17.9 Å². The van der Waals surface area contributed by atoms with Gasteiger partial charge in [0.25, 0.3) is 0 Å². The van der Waals surface area contributed by atoms with E-state index in [1.54, 1.807) is 0 Å². The van der Waals surface area contributed by atoms with Gasteiger partial charge in [-0.2, -0.15) is 0 Å². The fourth-order valence-electron chi connectivity index (χ4n) is 4.99. The maximum atomic E-state index is 13.2. The van der Waals surface area contributed by atoms with Crippen molar-refractivity contribution in [2.45, 2.75) is 37.8 Å². The van der Waals surface area contributed by atoms with Crippen LogP contribution in [0.15, 0.2) is 42.5 Å². The van der Waals surface area contributed by atoms with Crippen LogP contribution in [0.5, 0.6) is 11.5 Å². The van der Waals surface area contributed by atoms with Crippen LogP contribution in [-0.2, 0) is 17.6 Å². The van der Waals surface area contributed by atoms with Crippen LogP contribution in [0.3, 0.4) is 0 Å². The second-order valence-corrected chi connectivity index (χ2v) is 8.84. The first-order chi connectivity index (χ1) is 15.2. The molecule has 0 spiro atoms. The third-order valence-corrected chi connectivity index (χ3v) is 6.69. The van der Waals surface area contributed by atoms with Crippen LogP contribution in [0, 0.1) is 5.92 Å². The van der Waals surface area contributed by atoms with Crippen molar-refractivity contribution in [1.29, 1.82) is 0 Å². The summed E-state index contributed by atoms with van der Waals surface area (Å²) in [7, 11) is 0. The predicted molar refractivity (Wildman–Crippen MR) is 117 cm³/mol. The maximum absolute atomic E-state index is 13.2. The average molecular weight is 423 g/mol. The lowest BCUT2D eigenvalue weighted by Gasteiger charge is -2.30. The second-order valence-electron chi connectivity index (χ2n) is 8.84. The standard InChI is InChI=1S/C25H30N2O4/c28-24(19-7-8-22-23(15-19)31-12-11-30-22)21(16-27-9-3-4-10-27)26-25(29)20-13-17-5-1-2-6-18(17)14-20/h1-2,5-8,15,20-21,24,28H,3-4,9-14,16H2,(H,26,29)/t21-,24-/m1/s1. The molecule has 2 aliphatic heterocycles. The van der Waals surface area contributed by atoms with Crippen molar-refractivity contribution in [2.24, 2.45) is 5.92 Å². The first-order valence-electron chi connectivity index (χ1n) is 11.3. The van der Waals surface area contributed by atoms with Crippen molar-refractivity contribution in [3.8, 4) is 11.5 Å². The number of carbonyl (C=O) groups excluding carboxylic acids is 1. The first kappa shape index (κ1) is 20.3. The second kappa shape index (κ2) is 8.89. The van der Waals surface area contributed by atoms with E-state index < -0.39 is 6.10 Å². The van der Waals surface area contributed by atoms with Gasteiger partial charge in [0, 0.05) is 12.5 Å². The Morgan fingerprint density at radius 2 is 1.71 bits per heavy atom. The van der Waals surface area contributed by atoms with Gasteiger partial charge in [-0.15, -0.1) is 0 Å². The molecule has 0 radical (unpaired) electrons. The molecule has 6 nitrogen and oxygen atoms in total. The highest BCUT2D eigenvalue weighted by molar-refractivity contribution is 5.80. The van der Waals surface area contributed by atoms with Gasteiger partial charge in [0.2, 0.25) is 5.91 Å². The number of ether oxygens (including phenoxy) is 2. The largest absolute Gasteiger partial charge is 0.486 e. The van der Waals surface area contributed by atoms with Crippen molar-refractivity contribution >= 4 is 5.91 Å². The Morgan fingerprint density at radius 1 is 1.03 bits per heavy atom. The Balaban J connectivity index is 1.32. The van der Waals surface area contributed by atoms with Crippen molar-refractivity contribution in [3.05, 3.63) is 59.2 Å². The minimum Gasteiger partial charge on any atom is -0.486 e. The number of carbonyl (C=O) groups is 1. The van der Waals surface area contributed by atoms with E-state index in [1.807, 2.05) is 30.3 Å². The number of nitrogens with one attached hydrogen (secondary N) is 1. The highest BCUT2D eigenvalue weighted by atomic mass is 16.6.